The van der Waals surface area contributed by atoms with E-state index in [1.165, 1.54) is 0 Å². The molecule has 19 nitrogen and oxygen atoms in total. The molecule has 3 heterocycles. The molecule has 1 saturated carbocycles. The predicted octanol–water partition coefficient (Wildman–Crippen LogP) is -7.50. The highest BCUT2D eigenvalue weighted by atomic mass is 16.8. The highest BCUT2D eigenvalue weighted by molar-refractivity contribution is 5.05. The van der Waals surface area contributed by atoms with Gasteiger partial charge in [-0.3, -0.25) is 0 Å². The maximum Gasteiger partial charge on any atom is 0.215 e. The van der Waals surface area contributed by atoms with Gasteiger partial charge in [-0.1, -0.05) is 0 Å². The zero-order chi connectivity index (χ0) is 33.7. The summed E-state index contributed by atoms with van der Waals surface area (Å²) < 4.78 is 35.8. The molecule has 18 N–H and O–H groups in total. The van der Waals surface area contributed by atoms with Gasteiger partial charge in [-0.05, 0) is 26.0 Å². The monoisotopic (exact) mass is 667 g/mol. The van der Waals surface area contributed by atoms with Crippen molar-refractivity contribution in [2.24, 2.45) is 28.7 Å². The van der Waals surface area contributed by atoms with Crippen molar-refractivity contribution in [2.75, 3.05) is 39.8 Å². The fourth-order valence-corrected chi connectivity index (χ4v) is 6.09. The molecular weight excluding hydrogens is 614 g/mol. The van der Waals surface area contributed by atoms with E-state index in [4.69, 9.17) is 57.1 Å². The molecule has 3 fully saturated rings. The van der Waals surface area contributed by atoms with Gasteiger partial charge in [0.1, 0.15) is 54.6 Å². The van der Waals surface area contributed by atoms with E-state index in [2.05, 4.69) is 10.6 Å². The standard InChI is InChI=1S/C27H53N7O12/c1-33-8-11-2-3-12(30)25(41-11)44-22-13(31)4-14(34-7-10(36)5-28)18(37)24(22)46-27-21(40)23(16(9-35)43-27)45-26-17(32)20(39)19(38)15(6-29)42-26/h2,10,12-27,33-40H,3-9,28-32H2,1H3/t10?,12-,13+,14-,15+,16-,17-,18+,19-,20-,21-,22-,23-,24-,25-,26-,27+/m1/s1. The van der Waals surface area contributed by atoms with E-state index in [1.54, 1.807) is 7.05 Å². The lowest BCUT2D eigenvalue weighted by atomic mass is 9.83. The van der Waals surface area contributed by atoms with Gasteiger partial charge < -0.3 is 98.4 Å². The maximum atomic E-state index is 11.5. The summed E-state index contributed by atoms with van der Waals surface area (Å²) in [6.45, 7) is -0.273. The summed E-state index contributed by atoms with van der Waals surface area (Å²) in [6, 6.07) is -3.21. The molecule has 46 heavy (non-hydrogen) atoms. The first-order valence-electron chi connectivity index (χ1n) is 15.6. The van der Waals surface area contributed by atoms with Crippen LogP contribution in [0, 0.1) is 0 Å². The Bertz CT molecular complexity index is 974. The van der Waals surface area contributed by atoms with Gasteiger partial charge in [-0.25, -0.2) is 0 Å². The molecule has 0 aromatic rings. The van der Waals surface area contributed by atoms with Gasteiger partial charge in [-0.15, -0.1) is 0 Å². The molecule has 0 aromatic heterocycles. The normalized spacial score (nSPS) is 45.7. The van der Waals surface area contributed by atoms with E-state index in [0.717, 1.165) is 0 Å². The average Bonchev–Trinajstić information content (AvgIpc) is 3.34. The Morgan fingerprint density at radius 1 is 0.870 bits per heavy atom. The molecule has 268 valence electrons. The SMILES string of the molecule is CNCC1=CC[C@@H](N)[C@@H](O[C@H]2[C@H](O[C@@H]3O[C@H](CO)[C@@H](O[C@H]4O[C@@H](CN)[C@@H](O)[C@H](O)[C@H]4N)[C@H]3O)[C@@H](O)[C@H](NCC(O)CN)C[C@@H]2N)O1. The van der Waals surface area contributed by atoms with Crippen molar-refractivity contribution in [3.05, 3.63) is 11.8 Å². The zero-order valence-corrected chi connectivity index (χ0v) is 25.9. The van der Waals surface area contributed by atoms with E-state index in [-0.39, 0.29) is 26.1 Å². The van der Waals surface area contributed by atoms with Gasteiger partial charge in [0.05, 0.1) is 37.4 Å². The van der Waals surface area contributed by atoms with E-state index >= 15 is 0 Å². The average molecular weight is 668 g/mol. The van der Waals surface area contributed by atoms with E-state index in [9.17, 15) is 30.6 Å². The van der Waals surface area contributed by atoms with E-state index in [0.29, 0.717) is 18.7 Å². The molecule has 4 rings (SSSR count). The quantitative estimate of drug-likeness (QED) is 0.0818. The third-order valence-corrected chi connectivity index (χ3v) is 8.82. The van der Waals surface area contributed by atoms with Crippen molar-refractivity contribution in [3.63, 3.8) is 0 Å². The highest BCUT2D eigenvalue weighted by Crippen LogP contribution is 2.34. The Labute approximate surface area is 267 Å². The Kier molecular flexibility index (Phi) is 13.9. The summed E-state index contributed by atoms with van der Waals surface area (Å²) in [5.74, 6) is 0.616. The van der Waals surface area contributed by atoms with Crippen LogP contribution >= 0.6 is 0 Å². The van der Waals surface area contributed by atoms with Crippen molar-refractivity contribution in [1.82, 2.24) is 10.6 Å². The second-order valence-electron chi connectivity index (χ2n) is 12.2. The summed E-state index contributed by atoms with van der Waals surface area (Å²) in [5.41, 5.74) is 30.1. The highest BCUT2D eigenvalue weighted by Gasteiger charge is 2.54. The first-order valence-corrected chi connectivity index (χ1v) is 15.6. The van der Waals surface area contributed by atoms with Crippen molar-refractivity contribution in [1.29, 1.82) is 0 Å². The first-order chi connectivity index (χ1) is 21.9. The van der Waals surface area contributed by atoms with Crippen LogP contribution in [-0.4, -0.2) is 175 Å². The minimum atomic E-state index is -1.57. The lowest BCUT2D eigenvalue weighted by Gasteiger charge is -2.46. The third-order valence-electron chi connectivity index (χ3n) is 8.82. The van der Waals surface area contributed by atoms with Crippen molar-refractivity contribution >= 4 is 0 Å². The lowest BCUT2D eigenvalue weighted by molar-refractivity contribution is -0.282. The number of rotatable bonds is 14. The van der Waals surface area contributed by atoms with Crippen LogP contribution in [0.2, 0.25) is 0 Å². The van der Waals surface area contributed by atoms with Crippen LogP contribution in [0.3, 0.4) is 0 Å². The van der Waals surface area contributed by atoms with Crippen molar-refractivity contribution in [2.45, 2.75) is 117 Å². The van der Waals surface area contributed by atoms with Crippen LogP contribution < -0.4 is 39.3 Å². The zero-order valence-electron chi connectivity index (χ0n) is 25.9. The Morgan fingerprint density at radius 3 is 2.20 bits per heavy atom. The molecule has 2 saturated heterocycles. The summed E-state index contributed by atoms with van der Waals surface area (Å²) in [4.78, 5) is 0. The van der Waals surface area contributed by atoms with Gasteiger partial charge >= 0.3 is 0 Å². The number of nitrogens with two attached hydrogens (primary N) is 5. The molecule has 1 aliphatic carbocycles. The number of aliphatic hydroxyl groups is 6. The molecule has 0 radical (unpaired) electrons. The smallest absolute Gasteiger partial charge is 0.215 e. The number of hydrogen-bond acceptors (Lipinski definition) is 19. The molecule has 1 unspecified atom stereocenters. The maximum absolute atomic E-state index is 11.5. The Morgan fingerprint density at radius 2 is 1.54 bits per heavy atom. The molecule has 0 amide bonds. The summed E-state index contributed by atoms with van der Waals surface area (Å²) >= 11 is 0. The minimum Gasteiger partial charge on any atom is -0.467 e. The molecular formula is C27H53N7O12. The topological polar surface area (TPSA) is 331 Å². The second kappa shape index (κ2) is 17.0. The lowest BCUT2D eigenvalue weighted by Crippen LogP contribution is -2.66. The molecule has 3 aliphatic heterocycles. The van der Waals surface area contributed by atoms with Crippen molar-refractivity contribution in [3.8, 4) is 0 Å². The van der Waals surface area contributed by atoms with Crippen molar-refractivity contribution < 1.29 is 59.1 Å². The van der Waals surface area contributed by atoms with Gasteiger partial charge in [0.25, 0.3) is 0 Å². The van der Waals surface area contributed by atoms with Gasteiger partial charge in [0, 0.05) is 31.7 Å². The van der Waals surface area contributed by atoms with Crippen LogP contribution in [0.15, 0.2) is 11.8 Å². The number of likely N-dealkylation sites (N-methyl/N-ethyl adjacent to an activating group) is 1. The number of hydrogen-bond donors (Lipinski definition) is 13. The largest absolute Gasteiger partial charge is 0.467 e. The minimum absolute atomic E-state index is 0.00463. The molecule has 19 heteroatoms. The van der Waals surface area contributed by atoms with Gasteiger partial charge in [0.15, 0.2) is 12.6 Å². The number of aliphatic hydroxyl groups excluding tert-OH is 6. The molecule has 17 atom stereocenters. The van der Waals surface area contributed by atoms with Crippen LogP contribution in [0.1, 0.15) is 12.8 Å². The third kappa shape index (κ3) is 8.51. The molecule has 0 bridgehead atoms. The van der Waals surface area contributed by atoms with E-state index in [1.807, 2.05) is 6.08 Å². The predicted molar refractivity (Wildman–Crippen MR) is 159 cm³/mol. The van der Waals surface area contributed by atoms with Crippen LogP contribution in [0.5, 0.6) is 0 Å². The number of ether oxygens (including phenoxy) is 6. The van der Waals surface area contributed by atoms with E-state index < -0.39 is 111 Å². The molecule has 0 aromatic carbocycles. The van der Waals surface area contributed by atoms with Crippen LogP contribution in [0.25, 0.3) is 0 Å². The van der Waals surface area contributed by atoms with Gasteiger partial charge in [0.2, 0.25) is 6.29 Å². The van der Waals surface area contributed by atoms with Gasteiger partial charge in [-0.2, -0.15) is 0 Å². The Balaban J connectivity index is 1.53. The fourth-order valence-electron chi connectivity index (χ4n) is 6.09. The fraction of sp³-hybridized carbons (Fsp3) is 0.926. The molecule has 4 aliphatic rings. The molecule has 0 spiro atoms. The first kappa shape index (κ1) is 37.6. The van der Waals surface area contributed by atoms with Crippen LogP contribution in [0.4, 0.5) is 0 Å². The summed E-state index contributed by atoms with van der Waals surface area (Å²) in [6.07, 6.45) is -13.5. The number of nitrogens with one attached hydrogen (secondary N) is 2. The summed E-state index contributed by atoms with van der Waals surface area (Å²) in [5, 5.41) is 69.6. The Hall–Kier alpha value is -1.18. The second-order valence-corrected chi connectivity index (χ2v) is 12.2. The summed E-state index contributed by atoms with van der Waals surface area (Å²) in [7, 11) is 1.76. The van der Waals surface area contributed by atoms with Crippen LogP contribution in [-0.2, 0) is 28.4 Å².